The molecule has 1 heterocycles. The van der Waals surface area contributed by atoms with Crippen molar-refractivity contribution in [3.8, 4) is 0 Å². The fourth-order valence-electron chi connectivity index (χ4n) is 2.83. The van der Waals surface area contributed by atoms with Crippen molar-refractivity contribution < 1.29 is 0 Å². The largest absolute Gasteiger partial charge is 0.271 e. The second kappa shape index (κ2) is 5.41. The minimum Gasteiger partial charge on any atom is -0.271 e. The first kappa shape index (κ1) is 12.8. The Balaban J connectivity index is 1.62. The van der Waals surface area contributed by atoms with Crippen LogP contribution in [-0.4, -0.2) is 11.0 Å². The number of hydrazine groups is 1. The predicted molar refractivity (Wildman–Crippen MR) is 79.2 cm³/mol. The zero-order valence-corrected chi connectivity index (χ0v) is 11.9. The van der Waals surface area contributed by atoms with Crippen LogP contribution >= 0.6 is 11.3 Å². The molecule has 0 amide bonds. The molecule has 0 fully saturated rings. The minimum absolute atomic E-state index is 0.309. The number of hydrogen-bond donors (Lipinski definition) is 2. The lowest BCUT2D eigenvalue weighted by molar-refractivity contribution is 0.421. The van der Waals surface area contributed by atoms with Crippen molar-refractivity contribution in [3.05, 3.63) is 51.5 Å². The Morgan fingerprint density at radius 3 is 3.00 bits per heavy atom. The number of nitrogens with two attached hydrogens (primary N) is 1. The molecule has 3 nitrogen and oxygen atoms in total. The van der Waals surface area contributed by atoms with Gasteiger partial charge in [-0.1, -0.05) is 24.3 Å². The summed E-state index contributed by atoms with van der Waals surface area (Å²) in [6, 6.07) is 9.02. The number of aryl methyl sites for hydroxylation is 1. The third-order valence-corrected chi connectivity index (χ3v) is 4.84. The molecular formula is C15H19N3S. The molecule has 0 aliphatic heterocycles. The van der Waals surface area contributed by atoms with Gasteiger partial charge >= 0.3 is 0 Å². The molecule has 19 heavy (non-hydrogen) atoms. The molecule has 100 valence electrons. The van der Waals surface area contributed by atoms with E-state index in [1.165, 1.54) is 22.6 Å². The van der Waals surface area contributed by atoms with Crippen molar-refractivity contribution >= 4 is 11.3 Å². The van der Waals surface area contributed by atoms with Crippen molar-refractivity contribution in [1.29, 1.82) is 0 Å². The summed E-state index contributed by atoms with van der Waals surface area (Å²) in [7, 11) is 0. The van der Waals surface area contributed by atoms with Crippen molar-refractivity contribution in [3.63, 3.8) is 0 Å². The maximum atomic E-state index is 5.70. The molecule has 1 aromatic heterocycles. The Morgan fingerprint density at radius 2 is 2.32 bits per heavy atom. The molecule has 0 saturated carbocycles. The van der Waals surface area contributed by atoms with Crippen LogP contribution in [0.5, 0.6) is 0 Å². The van der Waals surface area contributed by atoms with E-state index < -0.39 is 0 Å². The number of aromatic nitrogens is 1. The smallest absolute Gasteiger partial charge is 0.0944 e. The molecule has 1 aliphatic rings. The van der Waals surface area contributed by atoms with Crippen LogP contribution in [0.3, 0.4) is 0 Å². The van der Waals surface area contributed by atoms with Gasteiger partial charge in [-0.05, 0) is 36.8 Å². The number of nitrogens with one attached hydrogen (secondary N) is 1. The van der Waals surface area contributed by atoms with Gasteiger partial charge in [-0.3, -0.25) is 11.3 Å². The molecule has 0 radical (unpaired) electrons. The van der Waals surface area contributed by atoms with Gasteiger partial charge in [0.25, 0.3) is 0 Å². The monoisotopic (exact) mass is 273 g/mol. The zero-order valence-electron chi connectivity index (χ0n) is 11.1. The molecule has 0 bridgehead atoms. The minimum atomic E-state index is 0.309. The van der Waals surface area contributed by atoms with E-state index in [2.05, 4.69) is 40.1 Å². The number of hydrogen-bond acceptors (Lipinski definition) is 4. The Morgan fingerprint density at radius 1 is 1.47 bits per heavy atom. The Labute approximate surface area is 117 Å². The van der Waals surface area contributed by atoms with E-state index in [-0.39, 0.29) is 0 Å². The lowest BCUT2D eigenvalue weighted by atomic mass is 9.74. The van der Waals surface area contributed by atoms with E-state index in [4.69, 9.17) is 5.84 Å². The molecule has 0 saturated heterocycles. The van der Waals surface area contributed by atoms with Gasteiger partial charge < -0.3 is 0 Å². The average molecular weight is 273 g/mol. The summed E-state index contributed by atoms with van der Waals surface area (Å²) in [5.74, 6) is 6.35. The van der Waals surface area contributed by atoms with Crippen LogP contribution in [0.15, 0.2) is 29.6 Å². The number of benzene rings is 1. The zero-order chi connectivity index (χ0) is 13.2. The first-order chi connectivity index (χ1) is 9.26. The lowest BCUT2D eigenvalue weighted by Crippen LogP contribution is -2.39. The van der Waals surface area contributed by atoms with Crippen LogP contribution in [-0.2, 0) is 12.8 Å². The van der Waals surface area contributed by atoms with Crippen molar-refractivity contribution in [2.45, 2.75) is 38.1 Å². The van der Waals surface area contributed by atoms with Crippen LogP contribution in [0.1, 0.15) is 34.2 Å². The highest BCUT2D eigenvalue weighted by atomic mass is 32.1. The van der Waals surface area contributed by atoms with E-state index in [1.807, 2.05) is 6.92 Å². The fraction of sp³-hybridized carbons (Fsp3) is 0.400. The fourth-order valence-corrected chi connectivity index (χ4v) is 3.69. The summed E-state index contributed by atoms with van der Waals surface area (Å²) in [4.78, 5) is 4.52. The molecule has 0 spiro atoms. The summed E-state index contributed by atoms with van der Waals surface area (Å²) < 4.78 is 0. The van der Waals surface area contributed by atoms with Gasteiger partial charge in [-0.15, -0.1) is 11.3 Å². The molecule has 4 heteroatoms. The second-order valence-electron chi connectivity index (χ2n) is 5.29. The number of rotatable bonds is 5. The lowest BCUT2D eigenvalue weighted by Gasteiger charge is -2.32. The highest BCUT2D eigenvalue weighted by Gasteiger charge is 2.28. The van der Waals surface area contributed by atoms with E-state index >= 15 is 0 Å². The third-order valence-electron chi connectivity index (χ3n) is 3.85. The predicted octanol–water partition coefficient (Wildman–Crippen LogP) is 2.56. The van der Waals surface area contributed by atoms with E-state index in [1.54, 1.807) is 11.3 Å². The van der Waals surface area contributed by atoms with Gasteiger partial charge in [0.15, 0.2) is 0 Å². The maximum absolute atomic E-state index is 5.70. The van der Waals surface area contributed by atoms with Crippen LogP contribution in [0.4, 0.5) is 0 Å². The van der Waals surface area contributed by atoms with Gasteiger partial charge in [0, 0.05) is 23.5 Å². The number of fused-ring (bicyclic) bond motifs is 1. The topological polar surface area (TPSA) is 50.9 Å². The second-order valence-corrected chi connectivity index (χ2v) is 6.23. The highest BCUT2D eigenvalue weighted by molar-refractivity contribution is 7.09. The molecular weight excluding hydrogens is 254 g/mol. The van der Waals surface area contributed by atoms with Gasteiger partial charge in [-0.2, -0.15) is 0 Å². The van der Waals surface area contributed by atoms with E-state index in [0.717, 1.165) is 18.5 Å². The molecule has 1 aliphatic carbocycles. The third kappa shape index (κ3) is 2.71. The van der Waals surface area contributed by atoms with Gasteiger partial charge in [0.1, 0.15) is 0 Å². The van der Waals surface area contributed by atoms with E-state index in [9.17, 15) is 0 Å². The van der Waals surface area contributed by atoms with Gasteiger partial charge in [0.05, 0.1) is 5.01 Å². The Hall–Kier alpha value is -1.23. The van der Waals surface area contributed by atoms with Crippen LogP contribution in [0, 0.1) is 6.92 Å². The molecule has 1 aromatic carbocycles. The SMILES string of the molecule is Cc1csc(CC(CC2Cc3ccccc32)NN)n1. The normalized spacial score (nSPS) is 18.7. The van der Waals surface area contributed by atoms with Crippen LogP contribution < -0.4 is 11.3 Å². The molecule has 3 N–H and O–H groups in total. The van der Waals surface area contributed by atoms with Crippen molar-refractivity contribution in [1.82, 2.24) is 10.4 Å². The number of nitrogens with zero attached hydrogens (tertiary/aromatic N) is 1. The first-order valence-electron chi connectivity index (χ1n) is 6.71. The molecule has 2 atom stereocenters. The number of thiazole rings is 1. The molecule has 2 aromatic rings. The Bertz CT molecular complexity index is 564. The quantitative estimate of drug-likeness (QED) is 0.650. The van der Waals surface area contributed by atoms with Crippen LogP contribution in [0.2, 0.25) is 0 Å². The summed E-state index contributed by atoms with van der Waals surface area (Å²) in [6.45, 7) is 2.03. The van der Waals surface area contributed by atoms with Gasteiger partial charge in [0.2, 0.25) is 0 Å². The van der Waals surface area contributed by atoms with Crippen molar-refractivity contribution in [2.75, 3.05) is 0 Å². The summed E-state index contributed by atoms with van der Waals surface area (Å²) in [6.07, 6.45) is 3.20. The first-order valence-corrected chi connectivity index (χ1v) is 7.59. The maximum Gasteiger partial charge on any atom is 0.0944 e. The average Bonchev–Trinajstić information content (AvgIpc) is 2.80. The van der Waals surface area contributed by atoms with E-state index in [0.29, 0.717) is 12.0 Å². The summed E-state index contributed by atoms with van der Waals surface area (Å²) >= 11 is 1.72. The standard InChI is InChI=1S/C15H19N3S/c1-10-9-19-15(17-10)8-13(18-16)7-12-6-11-4-2-3-5-14(11)12/h2-5,9,12-13,18H,6-8,16H2,1H3. The van der Waals surface area contributed by atoms with Gasteiger partial charge in [-0.25, -0.2) is 4.98 Å². The molecule has 2 unspecified atom stereocenters. The van der Waals surface area contributed by atoms with Crippen molar-refractivity contribution in [2.24, 2.45) is 5.84 Å². The van der Waals surface area contributed by atoms with Crippen LogP contribution in [0.25, 0.3) is 0 Å². The summed E-state index contributed by atoms with van der Waals surface area (Å²) in [5, 5.41) is 3.27. The molecule has 3 rings (SSSR count). The summed E-state index contributed by atoms with van der Waals surface area (Å²) in [5.41, 5.74) is 7.05. The Kier molecular flexibility index (Phi) is 3.64. The highest BCUT2D eigenvalue weighted by Crippen LogP contribution is 2.38.